The molecule has 0 radical (unpaired) electrons. The highest BCUT2D eigenvalue weighted by atomic mass is 32.2. The molecule has 0 aromatic rings. The van der Waals surface area contributed by atoms with Crippen molar-refractivity contribution in [3.63, 3.8) is 0 Å². The zero-order valence-corrected chi connectivity index (χ0v) is 16.0. The number of methoxy groups -OCH3 is 1. The number of hydrogen-bond acceptors (Lipinski definition) is 4. The Morgan fingerprint density at radius 1 is 1.22 bits per heavy atom. The molecule has 2 saturated heterocycles. The predicted molar refractivity (Wildman–Crippen MR) is 92.5 cm³/mol. The van der Waals surface area contributed by atoms with Gasteiger partial charge in [-0.25, -0.2) is 0 Å². The van der Waals surface area contributed by atoms with E-state index in [-0.39, 0.29) is 17.1 Å². The molecule has 2 aliphatic heterocycles. The van der Waals surface area contributed by atoms with E-state index in [2.05, 4.69) is 37.7 Å². The molecule has 0 bridgehead atoms. The van der Waals surface area contributed by atoms with Gasteiger partial charge in [0.05, 0.1) is 6.61 Å². The van der Waals surface area contributed by atoms with Crippen LogP contribution in [-0.2, 0) is 14.9 Å². The van der Waals surface area contributed by atoms with Gasteiger partial charge in [-0.05, 0) is 59.3 Å². The standard InChI is InChI=1S/C16H33N3O3S/c1-15(2)9-14(10-16(3,4)18-15)17-23(20,21)19-8-6-7-13(11-19)12-22-5/h13-14,17-18H,6-12H2,1-5H3. The first-order valence-electron chi connectivity index (χ1n) is 8.59. The van der Waals surface area contributed by atoms with Gasteiger partial charge in [-0.15, -0.1) is 0 Å². The van der Waals surface area contributed by atoms with Crippen molar-refractivity contribution in [2.75, 3.05) is 26.8 Å². The molecular formula is C16H33N3O3S. The Morgan fingerprint density at radius 2 is 1.83 bits per heavy atom. The number of nitrogens with zero attached hydrogens (tertiary/aromatic N) is 1. The second-order valence-corrected chi connectivity index (χ2v) is 10.1. The predicted octanol–water partition coefficient (Wildman–Crippen LogP) is 1.49. The summed E-state index contributed by atoms with van der Waals surface area (Å²) in [6, 6.07) is -0.0333. The van der Waals surface area contributed by atoms with Crippen molar-refractivity contribution in [1.29, 1.82) is 0 Å². The minimum absolute atomic E-state index is 0.0333. The van der Waals surface area contributed by atoms with Crippen molar-refractivity contribution in [1.82, 2.24) is 14.3 Å². The van der Waals surface area contributed by atoms with Gasteiger partial charge in [0, 0.05) is 37.3 Å². The van der Waals surface area contributed by atoms with E-state index in [0.717, 1.165) is 25.7 Å². The first-order chi connectivity index (χ1) is 10.5. The van der Waals surface area contributed by atoms with Crippen molar-refractivity contribution in [3.05, 3.63) is 0 Å². The van der Waals surface area contributed by atoms with Gasteiger partial charge in [0.1, 0.15) is 0 Å². The molecule has 0 aliphatic carbocycles. The zero-order chi connectivity index (χ0) is 17.3. The van der Waals surface area contributed by atoms with Crippen LogP contribution in [-0.4, -0.2) is 56.6 Å². The molecule has 136 valence electrons. The Bertz CT molecular complexity index is 487. The van der Waals surface area contributed by atoms with Gasteiger partial charge >= 0.3 is 0 Å². The van der Waals surface area contributed by atoms with Gasteiger partial charge in [-0.3, -0.25) is 0 Å². The third-order valence-electron chi connectivity index (χ3n) is 4.73. The molecule has 23 heavy (non-hydrogen) atoms. The first-order valence-corrected chi connectivity index (χ1v) is 10.0. The summed E-state index contributed by atoms with van der Waals surface area (Å²) in [6.45, 7) is 10.3. The smallest absolute Gasteiger partial charge is 0.279 e. The number of rotatable bonds is 5. The van der Waals surface area contributed by atoms with Crippen molar-refractivity contribution >= 4 is 10.2 Å². The summed E-state index contributed by atoms with van der Waals surface area (Å²) in [5, 5.41) is 3.59. The summed E-state index contributed by atoms with van der Waals surface area (Å²) >= 11 is 0. The zero-order valence-electron chi connectivity index (χ0n) is 15.2. The van der Waals surface area contributed by atoms with Crippen LogP contribution in [0.4, 0.5) is 0 Å². The van der Waals surface area contributed by atoms with Gasteiger partial charge in [0.2, 0.25) is 0 Å². The summed E-state index contributed by atoms with van der Waals surface area (Å²) in [6.07, 6.45) is 3.53. The summed E-state index contributed by atoms with van der Waals surface area (Å²) < 4.78 is 35.3. The Morgan fingerprint density at radius 3 is 2.39 bits per heavy atom. The van der Waals surface area contributed by atoms with Crippen LogP contribution in [0.15, 0.2) is 0 Å². The average Bonchev–Trinajstić information content (AvgIpc) is 2.34. The molecule has 6 nitrogen and oxygen atoms in total. The van der Waals surface area contributed by atoms with Crippen LogP contribution in [0.3, 0.4) is 0 Å². The molecule has 0 spiro atoms. The summed E-state index contributed by atoms with van der Waals surface area (Å²) in [5.74, 6) is 0.297. The van der Waals surface area contributed by atoms with Crippen molar-refractivity contribution in [2.45, 2.75) is 70.5 Å². The highest BCUT2D eigenvalue weighted by molar-refractivity contribution is 7.87. The van der Waals surface area contributed by atoms with E-state index in [4.69, 9.17) is 4.74 Å². The second kappa shape index (κ2) is 6.96. The van der Waals surface area contributed by atoms with Gasteiger partial charge in [0.25, 0.3) is 10.2 Å². The minimum atomic E-state index is -3.43. The fraction of sp³-hybridized carbons (Fsp3) is 1.00. The molecule has 0 saturated carbocycles. The number of piperidine rings is 2. The molecule has 0 aromatic carbocycles. The summed E-state index contributed by atoms with van der Waals surface area (Å²) in [5.41, 5.74) is -0.148. The lowest BCUT2D eigenvalue weighted by molar-refractivity contribution is 0.117. The highest BCUT2D eigenvalue weighted by Gasteiger charge is 2.40. The van der Waals surface area contributed by atoms with Crippen LogP contribution in [0.2, 0.25) is 0 Å². The van der Waals surface area contributed by atoms with E-state index in [1.807, 2.05) is 0 Å². The van der Waals surface area contributed by atoms with Gasteiger partial charge < -0.3 is 10.1 Å². The normalized spacial score (nSPS) is 29.5. The number of nitrogens with one attached hydrogen (secondary N) is 2. The maximum atomic E-state index is 12.8. The van der Waals surface area contributed by atoms with E-state index in [1.54, 1.807) is 11.4 Å². The molecule has 2 aliphatic rings. The lowest BCUT2D eigenvalue weighted by Crippen LogP contribution is -2.63. The molecule has 1 unspecified atom stereocenters. The van der Waals surface area contributed by atoms with Crippen molar-refractivity contribution in [2.24, 2.45) is 5.92 Å². The molecule has 0 aromatic heterocycles. The lowest BCUT2D eigenvalue weighted by Gasteiger charge is -2.47. The molecule has 2 fully saturated rings. The Hall–Kier alpha value is -0.210. The Balaban J connectivity index is 2.02. The van der Waals surface area contributed by atoms with Crippen LogP contribution in [0.25, 0.3) is 0 Å². The van der Waals surface area contributed by atoms with E-state index in [0.29, 0.717) is 25.6 Å². The van der Waals surface area contributed by atoms with Crippen LogP contribution in [0.5, 0.6) is 0 Å². The fourth-order valence-electron chi connectivity index (χ4n) is 4.31. The summed E-state index contributed by atoms with van der Waals surface area (Å²) in [4.78, 5) is 0. The molecule has 2 N–H and O–H groups in total. The molecule has 7 heteroatoms. The summed E-state index contributed by atoms with van der Waals surface area (Å²) in [7, 11) is -1.76. The monoisotopic (exact) mass is 347 g/mol. The number of hydrogen-bond donors (Lipinski definition) is 2. The van der Waals surface area contributed by atoms with Crippen LogP contribution >= 0.6 is 0 Å². The molecule has 1 atom stereocenters. The van der Waals surface area contributed by atoms with Crippen LogP contribution in [0.1, 0.15) is 53.4 Å². The maximum absolute atomic E-state index is 12.8. The maximum Gasteiger partial charge on any atom is 0.279 e. The highest BCUT2D eigenvalue weighted by Crippen LogP contribution is 2.29. The number of ether oxygens (including phenoxy) is 1. The second-order valence-electron chi connectivity index (χ2n) is 8.44. The molecular weight excluding hydrogens is 314 g/mol. The van der Waals surface area contributed by atoms with Gasteiger partial charge in [0.15, 0.2) is 0 Å². The van der Waals surface area contributed by atoms with Gasteiger partial charge in [-0.1, -0.05) is 0 Å². The van der Waals surface area contributed by atoms with E-state index in [9.17, 15) is 8.42 Å². The SMILES string of the molecule is COCC1CCCN(S(=O)(=O)NC2CC(C)(C)NC(C)(C)C2)C1. The van der Waals surface area contributed by atoms with E-state index >= 15 is 0 Å². The van der Waals surface area contributed by atoms with Crippen LogP contribution < -0.4 is 10.0 Å². The van der Waals surface area contributed by atoms with Gasteiger partial charge in [-0.2, -0.15) is 17.4 Å². The molecule has 2 rings (SSSR count). The van der Waals surface area contributed by atoms with Crippen molar-refractivity contribution in [3.8, 4) is 0 Å². The third-order valence-corrected chi connectivity index (χ3v) is 6.37. The van der Waals surface area contributed by atoms with E-state index < -0.39 is 10.2 Å². The molecule has 0 amide bonds. The Labute approximate surface area is 141 Å². The van der Waals surface area contributed by atoms with Crippen LogP contribution in [0, 0.1) is 5.92 Å². The first kappa shape index (κ1) is 19.1. The minimum Gasteiger partial charge on any atom is -0.384 e. The fourth-order valence-corrected chi connectivity index (χ4v) is 5.82. The van der Waals surface area contributed by atoms with E-state index in [1.165, 1.54) is 0 Å². The molecule has 2 heterocycles. The topological polar surface area (TPSA) is 70.7 Å². The largest absolute Gasteiger partial charge is 0.384 e. The van der Waals surface area contributed by atoms with Crippen molar-refractivity contribution < 1.29 is 13.2 Å². The third kappa shape index (κ3) is 5.39. The quantitative estimate of drug-likeness (QED) is 0.790. The lowest BCUT2D eigenvalue weighted by atomic mass is 9.80. The Kier molecular flexibility index (Phi) is 5.78. The average molecular weight is 348 g/mol.